The SMILES string of the molecule is O=C1NC(=O)N(c2ccccc2)C(=O)/C1=C\c1cccc(OCc2ccc(Cl)cc2Cl)c1. The lowest BCUT2D eigenvalue weighted by atomic mass is 10.1. The molecule has 1 N–H and O–H groups in total. The third-order valence-electron chi connectivity index (χ3n) is 4.69. The van der Waals surface area contributed by atoms with Crippen molar-refractivity contribution in [1.82, 2.24) is 5.32 Å². The number of anilines is 1. The molecule has 0 bridgehead atoms. The van der Waals surface area contributed by atoms with Crippen LogP contribution in [-0.2, 0) is 16.2 Å². The van der Waals surface area contributed by atoms with Gasteiger partial charge in [0.25, 0.3) is 11.8 Å². The van der Waals surface area contributed by atoms with Crippen LogP contribution in [0.5, 0.6) is 5.75 Å². The van der Waals surface area contributed by atoms with Crippen LogP contribution in [0, 0.1) is 0 Å². The van der Waals surface area contributed by atoms with Crippen LogP contribution in [0.2, 0.25) is 10.0 Å². The zero-order chi connectivity index (χ0) is 22.7. The number of carbonyl (C=O) groups is 3. The molecule has 1 fully saturated rings. The number of rotatable bonds is 5. The minimum atomic E-state index is -0.791. The number of carbonyl (C=O) groups excluding carboxylic acids is 3. The number of hydrogen-bond acceptors (Lipinski definition) is 4. The van der Waals surface area contributed by atoms with Crippen LogP contribution < -0.4 is 15.0 Å². The van der Waals surface area contributed by atoms with Crippen molar-refractivity contribution < 1.29 is 19.1 Å². The second-order valence-electron chi connectivity index (χ2n) is 6.89. The number of benzene rings is 3. The molecule has 4 rings (SSSR count). The Hall–Kier alpha value is -3.61. The van der Waals surface area contributed by atoms with Crippen LogP contribution in [0.1, 0.15) is 11.1 Å². The maximum Gasteiger partial charge on any atom is 0.335 e. The number of nitrogens with zero attached hydrogens (tertiary/aromatic N) is 1. The van der Waals surface area contributed by atoms with Crippen LogP contribution >= 0.6 is 23.2 Å². The molecule has 0 aromatic heterocycles. The third kappa shape index (κ3) is 4.66. The maximum absolute atomic E-state index is 12.9. The van der Waals surface area contributed by atoms with Gasteiger partial charge in [0.15, 0.2) is 0 Å². The highest BCUT2D eigenvalue weighted by Gasteiger charge is 2.36. The van der Waals surface area contributed by atoms with Crippen LogP contribution in [0.15, 0.2) is 78.4 Å². The number of urea groups is 1. The third-order valence-corrected chi connectivity index (χ3v) is 5.28. The van der Waals surface area contributed by atoms with Crippen LogP contribution in [-0.4, -0.2) is 17.8 Å². The molecule has 1 aliphatic rings. The van der Waals surface area contributed by atoms with E-state index in [9.17, 15) is 14.4 Å². The molecule has 0 unspecified atom stereocenters. The lowest BCUT2D eigenvalue weighted by molar-refractivity contribution is -0.122. The highest BCUT2D eigenvalue weighted by atomic mass is 35.5. The van der Waals surface area contributed by atoms with Gasteiger partial charge in [-0.05, 0) is 48.0 Å². The van der Waals surface area contributed by atoms with Crippen molar-refractivity contribution in [3.8, 4) is 5.75 Å². The molecule has 6 nitrogen and oxygen atoms in total. The monoisotopic (exact) mass is 466 g/mol. The number of barbiturate groups is 1. The van der Waals surface area contributed by atoms with E-state index in [1.807, 2.05) is 0 Å². The number of halogens is 2. The normalized spacial score (nSPS) is 15.1. The summed E-state index contributed by atoms with van der Waals surface area (Å²) in [7, 11) is 0. The summed E-state index contributed by atoms with van der Waals surface area (Å²) in [5.74, 6) is -0.944. The summed E-state index contributed by atoms with van der Waals surface area (Å²) in [6.45, 7) is 0.214. The van der Waals surface area contributed by atoms with Gasteiger partial charge < -0.3 is 4.74 Å². The molecule has 3 aromatic carbocycles. The van der Waals surface area contributed by atoms with Gasteiger partial charge in [-0.1, -0.05) is 59.6 Å². The first-order chi connectivity index (χ1) is 15.4. The van der Waals surface area contributed by atoms with Gasteiger partial charge in [0.05, 0.1) is 5.69 Å². The fraction of sp³-hybridized carbons (Fsp3) is 0.0417. The Balaban J connectivity index is 1.57. The molecule has 8 heteroatoms. The molecular formula is C24H16Cl2N2O4. The molecule has 4 amide bonds. The average Bonchev–Trinajstić information content (AvgIpc) is 2.77. The topological polar surface area (TPSA) is 75.7 Å². The average molecular weight is 467 g/mol. The second kappa shape index (κ2) is 9.26. The van der Waals surface area contributed by atoms with Gasteiger partial charge in [-0.2, -0.15) is 0 Å². The molecule has 0 radical (unpaired) electrons. The lowest BCUT2D eigenvalue weighted by Gasteiger charge is -2.26. The Labute approximate surface area is 194 Å². The van der Waals surface area contributed by atoms with Crippen molar-refractivity contribution in [3.05, 3.63) is 99.5 Å². The van der Waals surface area contributed by atoms with Gasteiger partial charge in [0.2, 0.25) is 0 Å². The standard InChI is InChI=1S/C24H16Cl2N2O4/c25-17-10-9-16(21(26)13-17)14-32-19-8-4-5-15(11-19)12-20-22(29)27-24(31)28(23(20)30)18-6-2-1-3-7-18/h1-13H,14H2,(H,27,29,31)/b20-12-. The van der Waals surface area contributed by atoms with E-state index in [-0.39, 0.29) is 12.2 Å². The predicted octanol–water partition coefficient (Wildman–Crippen LogP) is 5.24. The molecule has 32 heavy (non-hydrogen) atoms. The summed E-state index contributed by atoms with van der Waals surface area (Å²) < 4.78 is 5.80. The van der Waals surface area contributed by atoms with Gasteiger partial charge in [0, 0.05) is 15.6 Å². The van der Waals surface area contributed by atoms with Crippen LogP contribution in [0.3, 0.4) is 0 Å². The predicted molar refractivity (Wildman–Crippen MR) is 123 cm³/mol. The Morgan fingerprint density at radius 2 is 1.69 bits per heavy atom. The van der Waals surface area contributed by atoms with E-state index in [1.165, 1.54) is 6.08 Å². The maximum atomic E-state index is 12.9. The summed E-state index contributed by atoms with van der Waals surface area (Å²) in [4.78, 5) is 38.5. The molecule has 1 saturated heterocycles. The van der Waals surface area contributed by atoms with E-state index in [1.54, 1.807) is 72.8 Å². The lowest BCUT2D eigenvalue weighted by Crippen LogP contribution is -2.54. The summed E-state index contributed by atoms with van der Waals surface area (Å²) in [5, 5.41) is 3.23. The first kappa shape index (κ1) is 21.6. The quantitative estimate of drug-likeness (QED) is 0.412. The molecule has 3 aromatic rings. The molecule has 1 heterocycles. The largest absolute Gasteiger partial charge is 0.489 e. The minimum Gasteiger partial charge on any atom is -0.489 e. The van der Waals surface area contributed by atoms with Crippen molar-refractivity contribution in [2.24, 2.45) is 0 Å². The van der Waals surface area contributed by atoms with Gasteiger partial charge in [-0.3, -0.25) is 14.9 Å². The zero-order valence-corrected chi connectivity index (χ0v) is 18.1. The molecule has 0 spiro atoms. The van der Waals surface area contributed by atoms with Crippen molar-refractivity contribution in [1.29, 1.82) is 0 Å². The van der Waals surface area contributed by atoms with E-state index < -0.39 is 17.8 Å². The fourth-order valence-electron chi connectivity index (χ4n) is 3.13. The van der Waals surface area contributed by atoms with E-state index in [4.69, 9.17) is 27.9 Å². The summed E-state index contributed by atoms with van der Waals surface area (Å²) in [6.07, 6.45) is 1.42. The van der Waals surface area contributed by atoms with E-state index >= 15 is 0 Å². The highest BCUT2D eigenvalue weighted by molar-refractivity contribution is 6.39. The number of para-hydroxylation sites is 1. The number of ether oxygens (including phenoxy) is 1. The smallest absolute Gasteiger partial charge is 0.335 e. The van der Waals surface area contributed by atoms with Crippen molar-refractivity contribution in [2.75, 3.05) is 4.90 Å². The van der Waals surface area contributed by atoms with Crippen LogP contribution in [0.25, 0.3) is 6.08 Å². The van der Waals surface area contributed by atoms with Gasteiger partial charge in [-0.15, -0.1) is 0 Å². The minimum absolute atomic E-state index is 0.161. The van der Waals surface area contributed by atoms with E-state index in [0.717, 1.165) is 10.5 Å². The van der Waals surface area contributed by atoms with Gasteiger partial charge in [-0.25, -0.2) is 9.69 Å². The van der Waals surface area contributed by atoms with Gasteiger partial charge in [0.1, 0.15) is 17.9 Å². The second-order valence-corrected chi connectivity index (χ2v) is 7.73. The molecule has 0 atom stereocenters. The number of hydrogen-bond donors (Lipinski definition) is 1. The van der Waals surface area contributed by atoms with E-state index in [2.05, 4.69) is 5.32 Å². The molecular weight excluding hydrogens is 451 g/mol. The summed E-state index contributed by atoms with van der Waals surface area (Å²) in [6, 6.07) is 19.6. The first-order valence-corrected chi connectivity index (χ1v) is 10.3. The zero-order valence-electron chi connectivity index (χ0n) is 16.5. The number of nitrogens with one attached hydrogen (secondary N) is 1. The Morgan fingerprint density at radius 1 is 0.906 bits per heavy atom. The highest BCUT2D eigenvalue weighted by Crippen LogP contribution is 2.25. The number of amides is 4. The Morgan fingerprint density at radius 3 is 2.44 bits per heavy atom. The summed E-state index contributed by atoms with van der Waals surface area (Å²) >= 11 is 12.1. The molecule has 0 aliphatic carbocycles. The fourth-order valence-corrected chi connectivity index (χ4v) is 3.59. The van der Waals surface area contributed by atoms with E-state index in [0.29, 0.717) is 27.0 Å². The van der Waals surface area contributed by atoms with Gasteiger partial charge >= 0.3 is 6.03 Å². The van der Waals surface area contributed by atoms with Crippen molar-refractivity contribution in [2.45, 2.75) is 6.61 Å². The summed E-state index contributed by atoms with van der Waals surface area (Å²) in [5.41, 5.74) is 1.53. The molecule has 1 aliphatic heterocycles. The van der Waals surface area contributed by atoms with Crippen LogP contribution in [0.4, 0.5) is 10.5 Å². The van der Waals surface area contributed by atoms with Crippen molar-refractivity contribution in [3.63, 3.8) is 0 Å². The first-order valence-electron chi connectivity index (χ1n) is 9.55. The number of imide groups is 2. The molecule has 0 saturated carbocycles. The Kier molecular flexibility index (Phi) is 6.25. The Bertz CT molecular complexity index is 1240. The molecule has 160 valence electrons. The van der Waals surface area contributed by atoms with Crippen molar-refractivity contribution >= 4 is 52.8 Å².